The molecule has 3 rings (SSSR count). The minimum Gasteiger partial charge on any atom is -0.381 e. The van der Waals surface area contributed by atoms with E-state index in [1.807, 2.05) is 17.5 Å². The van der Waals surface area contributed by atoms with Gasteiger partial charge in [0.1, 0.15) is 0 Å². The first-order chi connectivity index (χ1) is 10.2. The maximum absolute atomic E-state index is 12.2. The summed E-state index contributed by atoms with van der Waals surface area (Å²) in [5.74, 6) is -0.123. The molecule has 1 amide bonds. The van der Waals surface area contributed by atoms with Crippen LogP contribution in [-0.2, 0) is 4.74 Å². The van der Waals surface area contributed by atoms with Crippen LogP contribution in [0.4, 0.5) is 0 Å². The van der Waals surface area contributed by atoms with Crippen LogP contribution in [0.25, 0.3) is 10.6 Å². The summed E-state index contributed by atoms with van der Waals surface area (Å²) in [6.07, 6.45) is 1.96. The van der Waals surface area contributed by atoms with Crippen LogP contribution in [0.5, 0.6) is 0 Å². The van der Waals surface area contributed by atoms with E-state index in [4.69, 9.17) is 4.74 Å². The van der Waals surface area contributed by atoms with Crippen molar-refractivity contribution >= 4 is 17.2 Å². The molecule has 0 radical (unpaired) electrons. The second-order valence-electron chi connectivity index (χ2n) is 5.75. The third kappa shape index (κ3) is 3.33. The summed E-state index contributed by atoms with van der Waals surface area (Å²) in [6.45, 7) is 4.41. The van der Waals surface area contributed by atoms with Crippen molar-refractivity contribution in [3.63, 3.8) is 0 Å². The number of hydrogen-bond donors (Lipinski definition) is 2. The Morgan fingerprint density at radius 1 is 1.52 bits per heavy atom. The van der Waals surface area contributed by atoms with Crippen molar-refractivity contribution in [1.29, 1.82) is 0 Å². The van der Waals surface area contributed by atoms with E-state index in [-0.39, 0.29) is 11.3 Å². The minimum absolute atomic E-state index is 0.123. The molecule has 0 aromatic carbocycles. The van der Waals surface area contributed by atoms with Gasteiger partial charge in [-0.25, -0.2) is 0 Å². The van der Waals surface area contributed by atoms with Crippen LogP contribution in [0.2, 0.25) is 0 Å². The van der Waals surface area contributed by atoms with Crippen molar-refractivity contribution in [2.75, 3.05) is 19.8 Å². The first-order valence-corrected chi connectivity index (χ1v) is 8.00. The number of H-pyrrole nitrogens is 1. The van der Waals surface area contributed by atoms with Crippen molar-refractivity contribution < 1.29 is 9.53 Å². The summed E-state index contributed by atoms with van der Waals surface area (Å²) in [5, 5.41) is 12.0. The van der Waals surface area contributed by atoms with Crippen LogP contribution in [0.15, 0.2) is 23.6 Å². The normalized spacial score (nSPS) is 17.6. The van der Waals surface area contributed by atoms with Gasteiger partial charge < -0.3 is 10.1 Å². The first kappa shape index (κ1) is 14.3. The second-order valence-corrected chi connectivity index (χ2v) is 6.70. The fourth-order valence-electron chi connectivity index (χ4n) is 2.42. The predicted octanol–water partition coefficient (Wildman–Crippen LogP) is 2.68. The van der Waals surface area contributed by atoms with Gasteiger partial charge >= 0.3 is 0 Å². The molecular formula is C15H19N3O2S. The lowest BCUT2D eigenvalue weighted by Crippen LogP contribution is -2.39. The number of rotatable bonds is 4. The molecule has 2 aromatic rings. The maximum Gasteiger partial charge on any atom is 0.271 e. The molecule has 1 saturated heterocycles. The number of amides is 1. The zero-order valence-electron chi connectivity index (χ0n) is 12.0. The fraction of sp³-hybridized carbons (Fsp3) is 0.467. The van der Waals surface area contributed by atoms with Gasteiger partial charge in [0, 0.05) is 19.8 Å². The first-order valence-electron chi connectivity index (χ1n) is 7.12. The highest BCUT2D eigenvalue weighted by Crippen LogP contribution is 2.29. The van der Waals surface area contributed by atoms with Gasteiger partial charge in [-0.05, 0) is 35.8 Å². The molecule has 0 saturated carbocycles. The Balaban J connectivity index is 1.61. The molecule has 1 fully saturated rings. The van der Waals surface area contributed by atoms with Gasteiger partial charge in [0.2, 0.25) is 0 Å². The van der Waals surface area contributed by atoms with Gasteiger partial charge in [-0.2, -0.15) is 5.10 Å². The lowest BCUT2D eigenvalue weighted by Gasteiger charge is -2.33. The van der Waals surface area contributed by atoms with E-state index in [9.17, 15) is 4.79 Å². The number of carbonyl (C=O) groups excluding carboxylic acids is 1. The van der Waals surface area contributed by atoms with E-state index in [0.717, 1.165) is 36.6 Å². The molecule has 0 atom stereocenters. The van der Waals surface area contributed by atoms with Gasteiger partial charge in [-0.3, -0.25) is 9.89 Å². The van der Waals surface area contributed by atoms with Crippen LogP contribution in [-0.4, -0.2) is 35.9 Å². The Labute approximate surface area is 127 Å². The Bertz CT molecular complexity index is 600. The van der Waals surface area contributed by atoms with Gasteiger partial charge in [0.05, 0.1) is 10.6 Å². The number of carbonyl (C=O) groups is 1. The highest BCUT2D eigenvalue weighted by Gasteiger charge is 2.28. The van der Waals surface area contributed by atoms with Gasteiger partial charge in [-0.15, -0.1) is 11.3 Å². The highest BCUT2D eigenvalue weighted by atomic mass is 32.1. The summed E-state index contributed by atoms with van der Waals surface area (Å²) < 4.78 is 5.37. The third-order valence-corrected chi connectivity index (χ3v) is 4.88. The van der Waals surface area contributed by atoms with Crippen LogP contribution < -0.4 is 5.32 Å². The Morgan fingerprint density at radius 2 is 2.33 bits per heavy atom. The number of aromatic nitrogens is 2. The molecule has 5 nitrogen and oxygen atoms in total. The van der Waals surface area contributed by atoms with Crippen molar-refractivity contribution in [3.05, 3.63) is 29.3 Å². The number of thiophene rings is 1. The predicted molar refractivity (Wildman–Crippen MR) is 82.4 cm³/mol. The number of ether oxygens (including phenoxy) is 1. The number of hydrogen-bond acceptors (Lipinski definition) is 4. The van der Waals surface area contributed by atoms with E-state index >= 15 is 0 Å². The van der Waals surface area contributed by atoms with E-state index < -0.39 is 0 Å². The van der Waals surface area contributed by atoms with Crippen LogP contribution >= 0.6 is 11.3 Å². The van der Waals surface area contributed by atoms with Crippen molar-refractivity contribution in [2.24, 2.45) is 5.41 Å². The molecule has 0 bridgehead atoms. The van der Waals surface area contributed by atoms with Crippen LogP contribution in [0.1, 0.15) is 30.3 Å². The molecule has 2 aromatic heterocycles. The van der Waals surface area contributed by atoms with Gasteiger partial charge in [0.15, 0.2) is 5.69 Å². The second kappa shape index (κ2) is 5.99. The SMILES string of the molecule is CC1(CNC(=O)c2cc(-c3cccs3)[nH]n2)CCOCC1. The monoisotopic (exact) mass is 305 g/mol. The molecule has 112 valence electrons. The molecule has 0 aliphatic carbocycles. The van der Waals surface area contributed by atoms with Crippen molar-refractivity contribution in [3.8, 4) is 10.6 Å². The summed E-state index contributed by atoms with van der Waals surface area (Å²) in [6, 6.07) is 5.78. The van der Waals surface area contributed by atoms with Crippen molar-refractivity contribution in [2.45, 2.75) is 19.8 Å². The van der Waals surface area contributed by atoms with Crippen molar-refractivity contribution in [1.82, 2.24) is 15.5 Å². The largest absolute Gasteiger partial charge is 0.381 e. The fourth-order valence-corrected chi connectivity index (χ4v) is 3.11. The minimum atomic E-state index is -0.123. The quantitative estimate of drug-likeness (QED) is 0.912. The molecule has 6 heteroatoms. The molecule has 21 heavy (non-hydrogen) atoms. The molecule has 1 aliphatic rings. The zero-order chi connectivity index (χ0) is 14.7. The van der Waals surface area contributed by atoms with E-state index in [0.29, 0.717) is 12.2 Å². The molecule has 2 N–H and O–H groups in total. The lowest BCUT2D eigenvalue weighted by atomic mass is 9.82. The smallest absolute Gasteiger partial charge is 0.271 e. The Morgan fingerprint density at radius 3 is 3.05 bits per heavy atom. The summed E-state index contributed by atoms with van der Waals surface area (Å²) in [5.41, 5.74) is 1.45. The number of aromatic amines is 1. The maximum atomic E-state index is 12.2. The lowest BCUT2D eigenvalue weighted by molar-refractivity contribution is 0.0238. The van der Waals surface area contributed by atoms with E-state index in [1.54, 1.807) is 17.4 Å². The third-order valence-electron chi connectivity index (χ3n) is 3.97. The van der Waals surface area contributed by atoms with Crippen LogP contribution in [0.3, 0.4) is 0 Å². The number of nitrogens with zero attached hydrogens (tertiary/aromatic N) is 1. The number of nitrogens with one attached hydrogen (secondary N) is 2. The van der Waals surface area contributed by atoms with Crippen LogP contribution in [0, 0.1) is 5.41 Å². The van der Waals surface area contributed by atoms with E-state index in [1.165, 1.54) is 0 Å². The van der Waals surface area contributed by atoms with Gasteiger partial charge in [0.25, 0.3) is 5.91 Å². The molecule has 0 spiro atoms. The Kier molecular flexibility index (Phi) is 4.07. The summed E-state index contributed by atoms with van der Waals surface area (Å²) >= 11 is 1.62. The van der Waals surface area contributed by atoms with Gasteiger partial charge in [-0.1, -0.05) is 13.0 Å². The molecule has 3 heterocycles. The molecule has 0 unspecified atom stereocenters. The summed E-state index contributed by atoms with van der Waals surface area (Å²) in [7, 11) is 0. The Hall–Kier alpha value is -1.66. The summed E-state index contributed by atoms with van der Waals surface area (Å²) in [4.78, 5) is 13.3. The standard InChI is InChI=1S/C15H19N3O2S/c1-15(4-6-20-7-5-15)10-16-14(19)12-9-11(17-18-12)13-3-2-8-21-13/h2-3,8-9H,4-7,10H2,1H3,(H,16,19)(H,17,18). The van der Waals surface area contributed by atoms with E-state index in [2.05, 4.69) is 22.4 Å². The molecular weight excluding hydrogens is 286 g/mol. The highest BCUT2D eigenvalue weighted by molar-refractivity contribution is 7.13. The molecule has 1 aliphatic heterocycles. The topological polar surface area (TPSA) is 67.0 Å². The average Bonchev–Trinajstić information content (AvgIpc) is 3.16. The average molecular weight is 305 g/mol. The zero-order valence-corrected chi connectivity index (χ0v) is 12.8.